The molecule has 0 radical (unpaired) electrons. The van der Waals surface area contributed by atoms with Crippen molar-refractivity contribution in [3.8, 4) is 11.5 Å². The van der Waals surface area contributed by atoms with Crippen LogP contribution in [0.3, 0.4) is 0 Å². The highest BCUT2D eigenvalue weighted by Gasteiger charge is 2.13. The van der Waals surface area contributed by atoms with Crippen molar-refractivity contribution in [2.24, 2.45) is 0 Å². The van der Waals surface area contributed by atoms with Crippen LogP contribution in [0.4, 0.5) is 0 Å². The number of benzene rings is 1. The maximum absolute atomic E-state index is 12.0. The summed E-state index contributed by atoms with van der Waals surface area (Å²) in [7, 11) is 3.23. The molecular formula is C17H23NO3. The predicted octanol–water partition coefficient (Wildman–Crippen LogP) is 2.86. The van der Waals surface area contributed by atoms with Crippen molar-refractivity contribution in [3.63, 3.8) is 0 Å². The number of methoxy groups -OCH3 is 2. The standard InChI is InChI=1S/C17H23NO3/c1-20-15-10-8-13(12-16(15)21-2)9-11-17(19)18-14-6-4-3-5-7-14/h3-4,8,10,12,14H,5-7,9,11H2,1-2H3,(H,18,19). The molecule has 2 rings (SSSR count). The van der Waals surface area contributed by atoms with Gasteiger partial charge in [0.05, 0.1) is 14.2 Å². The molecule has 0 saturated carbocycles. The van der Waals surface area contributed by atoms with Gasteiger partial charge in [0.25, 0.3) is 0 Å². The lowest BCUT2D eigenvalue weighted by Crippen LogP contribution is -2.35. The minimum Gasteiger partial charge on any atom is -0.493 e. The zero-order valence-electron chi connectivity index (χ0n) is 12.7. The molecule has 1 amide bonds. The third-order valence-electron chi connectivity index (χ3n) is 3.72. The Morgan fingerprint density at radius 2 is 2.05 bits per heavy atom. The quantitative estimate of drug-likeness (QED) is 0.819. The van der Waals surface area contributed by atoms with Crippen LogP contribution in [0.1, 0.15) is 31.2 Å². The van der Waals surface area contributed by atoms with Gasteiger partial charge in [-0.25, -0.2) is 0 Å². The van der Waals surface area contributed by atoms with Crippen molar-refractivity contribution in [3.05, 3.63) is 35.9 Å². The third kappa shape index (κ3) is 4.52. The fourth-order valence-corrected chi connectivity index (χ4v) is 2.52. The molecule has 0 aromatic heterocycles. The summed E-state index contributed by atoms with van der Waals surface area (Å²) in [5, 5.41) is 3.09. The lowest BCUT2D eigenvalue weighted by Gasteiger charge is -2.19. The summed E-state index contributed by atoms with van der Waals surface area (Å²) in [4.78, 5) is 12.0. The summed E-state index contributed by atoms with van der Waals surface area (Å²) in [6.45, 7) is 0. The number of aryl methyl sites for hydroxylation is 1. The minimum absolute atomic E-state index is 0.116. The molecule has 0 bridgehead atoms. The van der Waals surface area contributed by atoms with Crippen LogP contribution in [-0.4, -0.2) is 26.2 Å². The number of hydrogen-bond donors (Lipinski definition) is 1. The van der Waals surface area contributed by atoms with Crippen molar-refractivity contribution in [2.45, 2.75) is 38.1 Å². The Balaban J connectivity index is 1.84. The summed E-state index contributed by atoms with van der Waals surface area (Å²) < 4.78 is 10.5. The summed E-state index contributed by atoms with van der Waals surface area (Å²) >= 11 is 0. The number of allylic oxidation sites excluding steroid dienone is 1. The van der Waals surface area contributed by atoms with Gasteiger partial charge in [-0.15, -0.1) is 0 Å². The molecule has 1 aliphatic rings. The Morgan fingerprint density at radius 3 is 2.71 bits per heavy atom. The van der Waals surface area contributed by atoms with E-state index in [0.29, 0.717) is 30.4 Å². The molecule has 1 aliphatic carbocycles. The lowest BCUT2D eigenvalue weighted by molar-refractivity contribution is -0.121. The Bertz CT molecular complexity index is 511. The van der Waals surface area contributed by atoms with Crippen LogP contribution in [0.2, 0.25) is 0 Å². The highest BCUT2D eigenvalue weighted by Crippen LogP contribution is 2.27. The molecule has 0 spiro atoms. The van der Waals surface area contributed by atoms with E-state index in [4.69, 9.17) is 9.47 Å². The lowest BCUT2D eigenvalue weighted by atomic mass is 10.0. The van der Waals surface area contributed by atoms with Gasteiger partial charge in [0.1, 0.15) is 0 Å². The average molecular weight is 289 g/mol. The second kappa shape index (κ2) is 7.72. The Morgan fingerprint density at radius 1 is 1.24 bits per heavy atom. The van der Waals surface area contributed by atoms with Crippen LogP contribution < -0.4 is 14.8 Å². The van der Waals surface area contributed by atoms with E-state index in [1.54, 1.807) is 14.2 Å². The fraction of sp³-hybridized carbons (Fsp3) is 0.471. The Kier molecular flexibility index (Phi) is 5.67. The van der Waals surface area contributed by atoms with Gasteiger partial charge in [0.2, 0.25) is 5.91 Å². The zero-order chi connectivity index (χ0) is 15.1. The first-order valence-corrected chi connectivity index (χ1v) is 7.38. The third-order valence-corrected chi connectivity index (χ3v) is 3.72. The normalized spacial score (nSPS) is 17.3. The van der Waals surface area contributed by atoms with E-state index in [0.717, 1.165) is 24.8 Å². The first-order valence-electron chi connectivity index (χ1n) is 7.38. The molecule has 0 saturated heterocycles. The van der Waals surface area contributed by atoms with Gasteiger partial charge in [-0.1, -0.05) is 18.2 Å². The number of rotatable bonds is 6. The first kappa shape index (κ1) is 15.4. The van der Waals surface area contributed by atoms with E-state index < -0.39 is 0 Å². The largest absolute Gasteiger partial charge is 0.493 e. The van der Waals surface area contributed by atoms with Gasteiger partial charge in [-0.2, -0.15) is 0 Å². The van der Waals surface area contributed by atoms with Crippen LogP contribution in [0.15, 0.2) is 30.4 Å². The van der Waals surface area contributed by atoms with Crippen molar-refractivity contribution in [2.75, 3.05) is 14.2 Å². The summed E-state index contributed by atoms with van der Waals surface area (Å²) in [5.74, 6) is 1.53. The maximum Gasteiger partial charge on any atom is 0.220 e. The average Bonchev–Trinajstić information content (AvgIpc) is 2.53. The van der Waals surface area contributed by atoms with Crippen LogP contribution in [0.5, 0.6) is 11.5 Å². The number of nitrogens with one attached hydrogen (secondary N) is 1. The molecule has 1 unspecified atom stereocenters. The maximum atomic E-state index is 12.0. The van der Waals surface area contributed by atoms with Gasteiger partial charge in [0.15, 0.2) is 11.5 Å². The Labute approximate surface area is 126 Å². The number of carbonyl (C=O) groups is 1. The van der Waals surface area contributed by atoms with Crippen molar-refractivity contribution in [1.29, 1.82) is 0 Å². The molecule has 21 heavy (non-hydrogen) atoms. The zero-order valence-corrected chi connectivity index (χ0v) is 12.7. The van der Waals surface area contributed by atoms with Crippen LogP contribution >= 0.6 is 0 Å². The SMILES string of the molecule is COc1ccc(CCC(=O)NC2CC=CCC2)cc1OC. The van der Waals surface area contributed by atoms with Gasteiger partial charge in [-0.3, -0.25) is 4.79 Å². The van der Waals surface area contributed by atoms with Gasteiger partial charge in [-0.05, 0) is 43.4 Å². The topological polar surface area (TPSA) is 47.6 Å². The molecule has 0 heterocycles. The van der Waals surface area contributed by atoms with Crippen LogP contribution in [0.25, 0.3) is 0 Å². The number of carbonyl (C=O) groups excluding carboxylic acids is 1. The number of amides is 1. The van der Waals surface area contributed by atoms with E-state index in [9.17, 15) is 4.79 Å². The summed E-state index contributed by atoms with van der Waals surface area (Å²) in [6.07, 6.45) is 8.56. The van der Waals surface area contributed by atoms with Crippen molar-refractivity contribution >= 4 is 5.91 Å². The Hall–Kier alpha value is -1.97. The molecule has 1 aromatic carbocycles. The van der Waals surface area contributed by atoms with Crippen LogP contribution in [0, 0.1) is 0 Å². The second-order valence-corrected chi connectivity index (χ2v) is 5.24. The smallest absolute Gasteiger partial charge is 0.220 e. The van der Waals surface area contributed by atoms with Crippen molar-refractivity contribution in [1.82, 2.24) is 5.32 Å². The van der Waals surface area contributed by atoms with Crippen molar-refractivity contribution < 1.29 is 14.3 Å². The van der Waals surface area contributed by atoms with E-state index in [2.05, 4.69) is 17.5 Å². The minimum atomic E-state index is 0.116. The van der Waals surface area contributed by atoms with E-state index in [1.165, 1.54) is 0 Å². The van der Waals surface area contributed by atoms with E-state index in [1.807, 2.05) is 18.2 Å². The predicted molar refractivity (Wildman–Crippen MR) is 82.8 cm³/mol. The number of hydrogen-bond acceptors (Lipinski definition) is 3. The van der Waals surface area contributed by atoms with Crippen LogP contribution in [-0.2, 0) is 11.2 Å². The summed E-state index contributed by atoms with van der Waals surface area (Å²) in [6, 6.07) is 6.07. The molecule has 1 atom stereocenters. The fourth-order valence-electron chi connectivity index (χ4n) is 2.52. The van der Waals surface area contributed by atoms with Gasteiger partial charge < -0.3 is 14.8 Å². The highest BCUT2D eigenvalue weighted by atomic mass is 16.5. The molecular weight excluding hydrogens is 266 g/mol. The molecule has 4 heteroatoms. The molecule has 0 aliphatic heterocycles. The summed E-state index contributed by atoms with van der Waals surface area (Å²) in [5.41, 5.74) is 1.08. The van der Waals surface area contributed by atoms with E-state index >= 15 is 0 Å². The van der Waals surface area contributed by atoms with E-state index in [-0.39, 0.29) is 5.91 Å². The molecule has 1 aromatic rings. The molecule has 1 N–H and O–H groups in total. The molecule has 0 fully saturated rings. The number of ether oxygens (including phenoxy) is 2. The van der Waals surface area contributed by atoms with Gasteiger partial charge >= 0.3 is 0 Å². The molecule has 114 valence electrons. The second-order valence-electron chi connectivity index (χ2n) is 5.24. The van der Waals surface area contributed by atoms with Gasteiger partial charge in [0, 0.05) is 12.5 Å². The first-order chi connectivity index (χ1) is 10.2. The highest BCUT2D eigenvalue weighted by molar-refractivity contribution is 5.76. The monoisotopic (exact) mass is 289 g/mol. The molecule has 4 nitrogen and oxygen atoms in total.